The number of ketones is 1. The SMILES string of the molecule is COCc1nn2c3c(nnc2c1-c1ccc(OC)cc1)C(=O)C[C@@H](/C=C/c1ccccc1)C3. The first-order valence-corrected chi connectivity index (χ1v) is 10.8. The third-order valence-corrected chi connectivity index (χ3v) is 5.89. The van der Waals surface area contributed by atoms with Crippen molar-refractivity contribution in [2.75, 3.05) is 14.2 Å². The molecular formula is C26H24N4O3. The van der Waals surface area contributed by atoms with E-state index in [0.717, 1.165) is 33.8 Å². The first-order chi connectivity index (χ1) is 16.2. The monoisotopic (exact) mass is 440 g/mol. The van der Waals surface area contributed by atoms with Crippen molar-refractivity contribution in [3.8, 4) is 16.9 Å². The Morgan fingerprint density at radius 2 is 1.82 bits per heavy atom. The van der Waals surface area contributed by atoms with Gasteiger partial charge in [0, 0.05) is 13.5 Å². The summed E-state index contributed by atoms with van der Waals surface area (Å²) < 4.78 is 12.5. The van der Waals surface area contributed by atoms with E-state index in [1.165, 1.54) is 0 Å². The van der Waals surface area contributed by atoms with Crippen LogP contribution in [0.25, 0.3) is 22.9 Å². The highest BCUT2D eigenvalue weighted by Gasteiger charge is 2.30. The van der Waals surface area contributed by atoms with Crippen molar-refractivity contribution >= 4 is 17.5 Å². The molecule has 0 spiro atoms. The molecule has 2 aromatic heterocycles. The van der Waals surface area contributed by atoms with Gasteiger partial charge in [-0.15, -0.1) is 10.2 Å². The van der Waals surface area contributed by atoms with Gasteiger partial charge >= 0.3 is 0 Å². The third-order valence-electron chi connectivity index (χ3n) is 5.89. The number of methoxy groups -OCH3 is 2. The van der Waals surface area contributed by atoms with E-state index in [-0.39, 0.29) is 11.7 Å². The molecule has 166 valence electrons. The maximum atomic E-state index is 12.9. The normalized spacial score (nSPS) is 15.8. The van der Waals surface area contributed by atoms with E-state index in [1.54, 1.807) is 18.7 Å². The van der Waals surface area contributed by atoms with Crippen LogP contribution in [0.4, 0.5) is 0 Å². The number of hydrogen-bond acceptors (Lipinski definition) is 6. The van der Waals surface area contributed by atoms with Crippen molar-refractivity contribution in [2.45, 2.75) is 19.4 Å². The average Bonchev–Trinajstić information content (AvgIpc) is 3.22. The molecule has 0 saturated heterocycles. The minimum Gasteiger partial charge on any atom is -0.497 e. The topological polar surface area (TPSA) is 78.6 Å². The number of hydrogen-bond donors (Lipinski definition) is 0. The van der Waals surface area contributed by atoms with E-state index in [2.05, 4.69) is 22.3 Å². The number of aromatic nitrogens is 4. The largest absolute Gasteiger partial charge is 0.497 e. The Kier molecular flexibility index (Phi) is 5.71. The van der Waals surface area contributed by atoms with Gasteiger partial charge in [0.2, 0.25) is 0 Å². The van der Waals surface area contributed by atoms with Gasteiger partial charge in [-0.3, -0.25) is 4.79 Å². The summed E-state index contributed by atoms with van der Waals surface area (Å²) >= 11 is 0. The molecule has 2 heterocycles. The van der Waals surface area contributed by atoms with Crippen LogP contribution in [0.15, 0.2) is 60.7 Å². The fourth-order valence-electron chi connectivity index (χ4n) is 4.28. The quantitative estimate of drug-likeness (QED) is 0.442. The first kappa shape index (κ1) is 21.0. The van der Waals surface area contributed by atoms with Crippen molar-refractivity contribution in [1.82, 2.24) is 19.8 Å². The van der Waals surface area contributed by atoms with Gasteiger partial charge in [0.15, 0.2) is 17.1 Å². The second kappa shape index (κ2) is 8.96. The van der Waals surface area contributed by atoms with Crippen LogP contribution in [0, 0.1) is 5.92 Å². The van der Waals surface area contributed by atoms with Crippen molar-refractivity contribution in [3.63, 3.8) is 0 Å². The molecule has 4 aromatic rings. The molecule has 7 heteroatoms. The number of Topliss-reactive ketones (excluding diaryl/α,β-unsaturated/α-hetero) is 1. The van der Waals surface area contributed by atoms with E-state index in [1.807, 2.05) is 54.6 Å². The lowest BCUT2D eigenvalue weighted by Gasteiger charge is -2.20. The number of fused-ring (bicyclic) bond motifs is 3. The van der Waals surface area contributed by atoms with Crippen LogP contribution in [-0.2, 0) is 17.8 Å². The fourth-order valence-corrected chi connectivity index (χ4v) is 4.28. The van der Waals surface area contributed by atoms with Gasteiger partial charge in [0.25, 0.3) is 0 Å². The van der Waals surface area contributed by atoms with Crippen LogP contribution in [-0.4, -0.2) is 39.8 Å². The van der Waals surface area contributed by atoms with Gasteiger partial charge in [0.05, 0.1) is 30.7 Å². The Morgan fingerprint density at radius 1 is 1.03 bits per heavy atom. The molecule has 0 saturated carbocycles. The summed E-state index contributed by atoms with van der Waals surface area (Å²) in [6, 6.07) is 17.8. The summed E-state index contributed by atoms with van der Waals surface area (Å²) in [7, 11) is 3.27. The molecule has 1 aliphatic carbocycles. The summed E-state index contributed by atoms with van der Waals surface area (Å²) in [4.78, 5) is 12.9. The zero-order valence-corrected chi connectivity index (χ0v) is 18.6. The highest BCUT2D eigenvalue weighted by molar-refractivity contribution is 5.97. The van der Waals surface area contributed by atoms with Crippen molar-refractivity contribution in [3.05, 3.63) is 83.3 Å². The number of allylic oxidation sites excluding steroid dienone is 1. The molecule has 0 radical (unpaired) electrons. The maximum Gasteiger partial charge on any atom is 0.185 e. The zero-order valence-electron chi connectivity index (χ0n) is 18.6. The summed E-state index contributed by atoms with van der Waals surface area (Å²) in [5, 5.41) is 13.5. The van der Waals surface area contributed by atoms with Crippen molar-refractivity contribution in [2.24, 2.45) is 5.92 Å². The van der Waals surface area contributed by atoms with E-state index >= 15 is 0 Å². The predicted molar refractivity (Wildman–Crippen MR) is 125 cm³/mol. The molecule has 33 heavy (non-hydrogen) atoms. The summed E-state index contributed by atoms with van der Waals surface area (Å²) in [5.74, 6) is 0.825. The molecular weight excluding hydrogens is 416 g/mol. The molecule has 0 bridgehead atoms. The van der Waals surface area contributed by atoms with Gasteiger partial charge in [-0.25, -0.2) is 4.52 Å². The standard InChI is InChI=1S/C26H24N4O3/c1-32-16-21-24(19-10-12-20(33-2)13-11-19)26-28-27-25-22(30(26)29-21)14-18(15-23(25)31)9-8-17-6-4-3-5-7-17/h3-13,18H,14-16H2,1-2H3/b9-8+/t18-/m0/s1. The second-order valence-electron chi connectivity index (χ2n) is 8.08. The van der Waals surface area contributed by atoms with Crippen LogP contribution in [0.3, 0.4) is 0 Å². The Hall–Kier alpha value is -3.84. The van der Waals surface area contributed by atoms with Crippen LogP contribution in [0.2, 0.25) is 0 Å². The zero-order chi connectivity index (χ0) is 22.8. The van der Waals surface area contributed by atoms with Gasteiger partial charge in [-0.2, -0.15) is 5.10 Å². The fraction of sp³-hybridized carbons (Fsp3) is 0.231. The Morgan fingerprint density at radius 3 is 2.55 bits per heavy atom. The molecule has 0 N–H and O–H groups in total. The summed E-state index contributed by atoms with van der Waals surface area (Å²) in [6.45, 7) is 0.324. The number of rotatable bonds is 6. The van der Waals surface area contributed by atoms with Crippen LogP contribution >= 0.6 is 0 Å². The number of carbonyl (C=O) groups is 1. The molecule has 5 rings (SSSR count). The number of nitrogens with zero attached hydrogens (tertiary/aromatic N) is 4. The molecule has 0 fully saturated rings. The minimum absolute atomic E-state index is 0.0110. The summed E-state index contributed by atoms with van der Waals surface area (Å²) in [6.07, 6.45) is 5.24. The highest BCUT2D eigenvalue weighted by atomic mass is 16.5. The second-order valence-corrected chi connectivity index (χ2v) is 8.08. The summed E-state index contributed by atoms with van der Waals surface area (Å²) in [5.41, 5.74) is 5.46. The first-order valence-electron chi connectivity index (χ1n) is 10.8. The van der Waals surface area contributed by atoms with E-state index < -0.39 is 0 Å². The lowest BCUT2D eigenvalue weighted by atomic mass is 9.88. The lowest BCUT2D eigenvalue weighted by Crippen LogP contribution is -2.24. The number of ether oxygens (including phenoxy) is 2. The number of carbonyl (C=O) groups excluding carboxylic acids is 1. The lowest BCUT2D eigenvalue weighted by molar-refractivity contribution is 0.0950. The van der Waals surface area contributed by atoms with Crippen molar-refractivity contribution in [1.29, 1.82) is 0 Å². The molecule has 0 unspecified atom stereocenters. The Bertz CT molecular complexity index is 1330. The van der Waals surface area contributed by atoms with Crippen LogP contribution in [0.5, 0.6) is 5.75 Å². The Balaban J connectivity index is 1.58. The number of benzene rings is 2. The molecule has 0 amide bonds. The van der Waals surface area contributed by atoms with Gasteiger partial charge in [-0.1, -0.05) is 54.6 Å². The Labute approximate surface area is 191 Å². The average molecular weight is 441 g/mol. The van der Waals surface area contributed by atoms with Gasteiger partial charge < -0.3 is 9.47 Å². The molecule has 1 atom stereocenters. The van der Waals surface area contributed by atoms with Crippen LogP contribution < -0.4 is 4.74 Å². The molecule has 2 aromatic carbocycles. The molecule has 7 nitrogen and oxygen atoms in total. The third kappa shape index (κ3) is 4.03. The minimum atomic E-state index is -0.0110. The molecule has 0 aliphatic heterocycles. The van der Waals surface area contributed by atoms with Crippen LogP contribution in [0.1, 0.15) is 33.9 Å². The van der Waals surface area contributed by atoms with E-state index in [9.17, 15) is 4.79 Å². The van der Waals surface area contributed by atoms with Gasteiger partial charge in [-0.05, 0) is 35.6 Å². The van der Waals surface area contributed by atoms with Crippen molar-refractivity contribution < 1.29 is 14.3 Å². The van der Waals surface area contributed by atoms with E-state index in [0.29, 0.717) is 30.8 Å². The smallest absolute Gasteiger partial charge is 0.185 e. The molecule has 1 aliphatic rings. The van der Waals surface area contributed by atoms with E-state index in [4.69, 9.17) is 14.6 Å². The predicted octanol–water partition coefficient (Wildman–Crippen LogP) is 4.40. The van der Waals surface area contributed by atoms with Gasteiger partial charge in [0.1, 0.15) is 5.75 Å². The maximum absolute atomic E-state index is 12.9. The highest BCUT2D eigenvalue weighted by Crippen LogP contribution is 2.32.